The topological polar surface area (TPSA) is 15.3 Å². The normalized spacial score (nSPS) is 14.1. The fraction of sp³-hybridized carbons (Fsp3) is 0.333. The molecule has 0 amide bonds. The molecule has 110 valence electrons. The Morgan fingerprint density at radius 2 is 2.05 bits per heavy atom. The Labute approximate surface area is 131 Å². The van der Waals surface area contributed by atoms with E-state index in [2.05, 4.69) is 59.6 Å². The van der Waals surface area contributed by atoms with E-state index in [-0.39, 0.29) is 0 Å². The lowest BCUT2D eigenvalue weighted by Crippen LogP contribution is -2.24. The van der Waals surface area contributed by atoms with Gasteiger partial charge in [0.2, 0.25) is 0 Å². The Balaban J connectivity index is 1.90. The molecule has 2 aromatic carbocycles. The Bertz CT molecular complexity index is 624. The van der Waals surface area contributed by atoms with Gasteiger partial charge in [-0.3, -0.25) is 0 Å². The molecule has 0 spiro atoms. The third-order valence-electron chi connectivity index (χ3n) is 4.02. The molecule has 2 nitrogen and oxygen atoms in total. The molecule has 0 aliphatic carbocycles. The summed E-state index contributed by atoms with van der Waals surface area (Å²) >= 11 is 6.44. The van der Waals surface area contributed by atoms with E-state index < -0.39 is 0 Å². The van der Waals surface area contributed by atoms with Crippen LogP contribution in [0.2, 0.25) is 5.02 Å². The molecule has 1 aliphatic heterocycles. The van der Waals surface area contributed by atoms with E-state index in [4.69, 9.17) is 11.6 Å². The van der Waals surface area contributed by atoms with E-state index in [0.717, 1.165) is 30.2 Å². The van der Waals surface area contributed by atoms with Gasteiger partial charge < -0.3 is 10.2 Å². The van der Waals surface area contributed by atoms with Crippen LogP contribution in [-0.2, 0) is 13.0 Å². The van der Waals surface area contributed by atoms with Gasteiger partial charge in [-0.1, -0.05) is 42.8 Å². The van der Waals surface area contributed by atoms with Gasteiger partial charge in [0.15, 0.2) is 0 Å². The molecule has 0 saturated heterocycles. The molecule has 0 aromatic heterocycles. The van der Waals surface area contributed by atoms with Crippen LogP contribution >= 0.6 is 11.6 Å². The monoisotopic (exact) mass is 300 g/mol. The smallest absolute Gasteiger partial charge is 0.0471 e. The number of anilines is 2. The standard InChI is InChI=1S/C18H21ClN2/c1-2-20-13-15-9-10-16(12-17(15)19)21-11-5-7-14-6-3-4-8-18(14)21/h3-4,6,8-10,12,20H,2,5,7,11,13H2,1H3. The highest BCUT2D eigenvalue weighted by Gasteiger charge is 2.18. The zero-order valence-electron chi connectivity index (χ0n) is 12.4. The number of para-hydroxylation sites is 1. The summed E-state index contributed by atoms with van der Waals surface area (Å²) in [5.74, 6) is 0. The number of fused-ring (bicyclic) bond motifs is 1. The molecule has 21 heavy (non-hydrogen) atoms. The SMILES string of the molecule is CCNCc1ccc(N2CCCc3ccccc32)cc1Cl. The third kappa shape index (κ3) is 3.07. The van der Waals surface area contributed by atoms with Crippen LogP contribution in [0.25, 0.3) is 0 Å². The molecule has 0 atom stereocenters. The van der Waals surface area contributed by atoms with Gasteiger partial charge in [0.1, 0.15) is 0 Å². The number of hydrogen-bond acceptors (Lipinski definition) is 2. The highest BCUT2D eigenvalue weighted by atomic mass is 35.5. The summed E-state index contributed by atoms with van der Waals surface area (Å²) in [6, 6.07) is 15.1. The van der Waals surface area contributed by atoms with Crippen LogP contribution < -0.4 is 10.2 Å². The Morgan fingerprint density at radius 1 is 1.19 bits per heavy atom. The molecule has 3 rings (SSSR count). The predicted molar refractivity (Wildman–Crippen MR) is 90.6 cm³/mol. The van der Waals surface area contributed by atoms with Crippen LogP contribution in [0.3, 0.4) is 0 Å². The van der Waals surface area contributed by atoms with Crippen molar-refractivity contribution in [3.05, 3.63) is 58.6 Å². The quantitative estimate of drug-likeness (QED) is 0.892. The number of nitrogens with zero attached hydrogens (tertiary/aromatic N) is 1. The molecular formula is C18H21ClN2. The van der Waals surface area contributed by atoms with Crippen molar-refractivity contribution < 1.29 is 0 Å². The molecule has 0 saturated carbocycles. The van der Waals surface area contributed by atoms with E-state index >= 15 is 0 Å². The van der Waals surface area contributed by atoms with Gasteiger partial charge in [0, 0.05) is 29.5 Å². The summed E-state index contributed by atoms with van der Waals surface area (Å²) in [7, 11) is 0. The maximum Gasteiger partial charge on any atom is 0.0471 e. The van der Waals surface area contributed by atoms with Crippen LogP contribution in [-0.4, -0.2) is 13.1 Å². The van der Waals surface area contributed by atoms with Crippen molar-refractivity contribution in [2.24, 2.45) is 0 Å². The van der Waals surface area contributed by atoms with Crippen molar-refractivity contribution in [3.8, 4) is 0 Å². The van der Waals surface area contributed by atoms with Gasteiger partial charge in [-0.05, 0) is 48.7 Å². The zero-order valence-corrected chi connectivity index (χ0v) is 13.2. The van der Waals surface area contributed by atoms with Crippen LogP contribution in [0, 0.1) is 0 Å². The van der Waals surface area contributed by atoms with E-state index in [0.29, 0.717) is 0 Å². The molecule has 0 fully saturated rings. The Morgan fingerprint density at radius 3 is 2.86 bits per heavy atom. The molecule has 0 radical (unpaired) electrons. The average molecular weight is 301 g/mol. The van der Waals surface area contributed by atoms with Crippen molar-refractivity contribution in [2.75, 3.05) is 18.0 Å². The van der Waals surface area contributed by atoms with Gasteiger partial charge in [0.25, 0.3) is 0 Å². The maximum absolute atomic E-state index is 6.44. The van der Waals surface area contributed by atoms with E-state index in [1.807, 2.05) is 0 Å². The fourth-order valence-corrected chi connectivity index (χ4v) is 3.15. The Hall–Kier alpha value is -1.51. The van der Waals surface area contributed by atoms with Gasteiger partial charge in [0.05, 0.1) is 0 Å². The first-order valence-electron chi connectivity index (χ1n) is 7.64. The zero-order chi connectivity index (χ0) is 14.7. The summed E-state index contributed by atoms with van der Waals surface area (Å²) in [5, 5.41) is 4.17. The number of hydrogen-bond donors (Lipinski definition) is 1. The van der Waals surface area contributed by atoms with E-state index in [1.54, 1.807) is 0 Å². The maximum atomic E-state index is 6.44. The van der Waals surface area contributed by atoms with Gasteiger partial charge in [-0.15, -0.1) is 0 Å². The lowest BCUT2D eigenvalue weighted by molar-refractivity contribution is 0.726. The van der Waals surface area contributed by atoms with E-state index in [1.165, 1.54) is 29.8 Å². The van der Waals surface area contributed by atoms with E-state index in [9.17, 15) is 0 Å². The van der Waals surface area contributed by atoms with Crippen molar-refractivity contribution >= 4 is 23.0 Å². The summed E-state index contributed by atoms with van der Waals surface area (Å²) in [6.07, 6.45) is 2.35. The second-order valence-corrected chi connectivity index (χ2v) is 5.85. The summed E-state index contributed by atoms with van der Waals surface area (Å²) < 4.78 is 0. The molecule has 1 heterocycles. The van der Waals surface area contributed by atoms with Crippen LogP contribution in [0.15, 0.2) is 42.5 Å². The van der Waals surface area contributed by atoms with Crippen molar-refractivity contribution in [2.45, 2.75) is 26.3 Å². The summed E-state index contributed by atoms with van der Waals surface area (Å²) in [6.45, 7) is 4.94. The fourth-order valence-electron chi connectivity index (χ4n) is 2.91. The Kier molecular flexibility index (Phi) is 4.47. The average Bonchev–Trinajstić information content (AvgIpc) is 2.53. The number of nitrogens with one attached hydrogen (secondary N) is 1. The first-order valence-corrected chi connectivity index (χ1v) is 8.02. The molecular weight excluding hydrogens is 280 g/mol. The van der Waals surface area contributed by atoms with Crippen molar-refractivity contribution in [1.29, 1.82) is 0 Å². The number of benzene rings is 2. The van der Waals surface area contributed by atoms with Crippen LogP contribution in [0.5, 0.6) is 0 Å². The lowest BCUT2D eigenvalue weighted by atomic mass is 10.0. The van der Waals surface area contributed by atoms with Crippen LogP contribution in [0.1, 0.15) is 24.5 Å². The predicted octanol–water partition coefficient (Wildman–Crippen LogP) is 4.53. The molecule has 3 heteroatoms. The molecule has 0 bridgehead atoms. The number of rotatable bonds is 4. The van der Waals surface area contributed by atoms with Crippen LogP contribution in [0.4, 0.5) is 11.4 Å². The van der Waals surface area contributed by atoms with Gasteiger partial charge in [-0.2, -0.15) is 0 Å². The first-order chi connectivity index (χ1) is 10.3. The lowest BCUT2D eigenvalue weighted by Gasteiger charge is -2.31. The number of halogens is 1. The largest absolute Gasteiger partial charge is 0.341 e. The highest BCUT2D eigenvalue weighted by Crippen LogP contribution is 2.35. The summed E-state index contributed by atoms with van der Waals surface area (Å²) in [5.41, 5.74) is 5.09. The molecule has 0 unspecified atom stereocenters. The molecule has 1 aliphatic rings. The minimum absolute atomic E-state index is 0.826. The minimum Gasteiger partial charge on any atom is -0.341 e. The second-order valence-electron chi connectivity index (χ2n) is 5.44. The number of aryl methyl sites for hydroxylation is 1. The van der Waals surface area contributed by atoms with Crippen molar-refractivity contribution in [1.82, 2.24) is 5.32 Å². The first kappa shape index (κ1) is 14.4. The summed E-state index contributed by atoms with van der Waals surface area (Å²) in [4.78, 5) is 2.38. The van der Waals surface area contributed by atoms with Gasteiger partial charge in [-0.25, -0.2) is 0 Å². The minimum atomic E-state index is 0.826. The van der Waals surface area contributed by atoms with Crippen molar-refractivity contribution in [3.63, 3.8) is 0 Å². The highest BCUT2D eigenvalue weighted by molar-refractivity contribution is 6.31. The van der Waals surface area contributed by atoms with Gasteiger partial charge >= 0.3 is 0 Å². The molecule has 2 aromatic rings. The molecule has 1 N–H and O–H groups in total. The third-order valence-corrected chi connectivity index (χ3v) is 4.38. The second kappa shape index (κ2) is 6.50.